The van der Waals surface area contributed by atoms with Crippen molar-refractivity contribution in [1.29, 1.82) is 0 Å². The highest BCUT2D eigenvalue weighted by atomic mass is 16.5. The van der Waals surface area contributed by atoms with E-state index in [1.54, 1.807) is 0 Å². The summed E-state index contributed by atoms with van der Waals surface area (Å²) in [6.45, 7) is 21.3. The van der Waals surface area contributed by atoms with Gasteiger partial charge in [-0.3, -0.25) is 14.4 Å². The van der Waals surface area contributed by atoms with E-state index in [9.17, 15) is 19.5 Å². The molecule has 0 bridgehead atoms. The molecule has 0 aromatic carbocycles. The lowest BCUT2D eigenvalue weighted by molar-refractivity contribution is -0.241. The van der Waals surface area contributed by atoms with Crippen LogP contribution in [0.3, 0.4) is 0 Å². The average molecular weight is 705 g/mol. The number of ether oxygens (including phenoxy) is 2. The summed E-state index contributed by atoms with van der Waals surface area (Å²) in [4.78, 5) is 38.9. The maximum atomic E-state index is 14.2. The van der Waals surface area contributed by atoms with E-state index >= 15 is 0 Å². The van der Waals surface area contributed by atoms with Gasteiger partial charge in [0.05, 0.1) is 6.10 Å². The average Bonchev–Trinajstić information content (AvgIpc) is 3.30. The van der Waals surface area contributed by atoms with E-state index in [4.69, 9.17) is 15.2 Å². The second-order valence-corrected chi connectivity index (χ2v) is 17.7. The number of rotatable bonds is 17. The Morgan fingerprint density at radius 3 is 2.14 bits per heavy atom. The molecular formula is C40H72N4O6. The zero-order valence-electron chi connectivity index (χ0n) is 32.7. The monoisotopic (exact) mass is 705 g/mol. The van der Waals surface area contributed by atoms with Crippen molar-refractivity contribution in [3.8, 4) is 0 Å². The molecule has 0 aromatic heterocycles. The minimum absolute atomic E-state index is 0.0432. The zero-order chi connectivity index (χ0) is 36.9. The molecule has 10 heteroatoms. The summed E-state index contributed by atoms with van der Waals surface area (Å²) in [6, 6.07) is 0. The van der Waals surface area contributed by atoms with Gasteiger partial charge in [-0.05, 0) is 110 Å². The molecule has 4 rings (SSSR count). The van der Waals surface area contributed by atoms with E-state index in [-0.39, 0.29) is 75.9 Å². The Kier molecular flexibility index (Phi) is 14.3. The number of aliphatic hydroxyl groups is 1. The maximum Gasteiger partial charge on any atom is 0.302 e. The van der Waals surface area contributed by atoms with Gasteiger partial charge in [0.25, 0.3) is 0 Å². The number of esters is 2. The quantitative estimate of drug-likeness (QED) is 0.106. The second-order valence-electron chi connectivity index (χ2n) is 17.7. The van der Waals surface area contributed by atoms with Crippen molar-refractivity contribution in [3.63, 3.8) is 0 Å². The van der Waals surface area contributed by atoms with E-state index in [1.165, 1.54) is 13.8 Å². The molecule has 12 atom stereocenters. The first-order valence-electron chi connectivity index (χ1n) is 20.0. The normalized spacial score (nSPS) is 38.5. The van der Waals surface area contributed by atoms with Gasteiger partial charge in [0.1, 0.15) is 12.2 Å². The first kappa shape index (κ1) is 41.0. The highest BCUT2D eigenvalue weighted by molar-refractivity contribution is 5.79. The molecule has 3 unspecified atom stereocenters. The molecule has 10 nitrogen and oxygen atoms in total. The minimum Gasteiger partial charge on any atom is -0.462 e. The van der Waals surface area contributed by atoms with Crippen LogP contribution in [-0.4, -0.2) is 80.5 Å². The Hall–Kier alpha value is -1.75. The van der Waals surface area contributed by atoms with Gasteiger partial charge >= 0.3 is 11.9 Å². The van der Waals surface area contributed by atoms with Crippen molar-refractivity contribution < 1.29 is 29.0 Å². The van der Waals surface area contributed by atoms with E-state index < -0.39 is 6.10 Å². The summed E-state index contributed by atoms with van der Waals surface area (Å²) in [6.07, 6.45) is 7.72. The fraction of sp³-hybridized carbons (Fsp3) is 0.925. The first-order valence-corrected chi connectivity index (χ1v) is 20.0. The van der Waals surface area contributed by atoms with Crippen LogP contribution in [0.15, 0.2) is 0 Å². The number of nitrogens with two attached hydrogens (primary N) is 1. The van der Waals surface area contributed by atoms with Gasteiger partial charge in [-0.25, -0.2) is 0 Å². The second kappa shape index (κ2) is 17.4. The molecule has 0 aromatic rings. The Labute approximate surface area is 302 Å². The van der Waals surface area contributed by atoms with Crippen LogP contribution in [0.4, 0.5) is 0 Å². The van der Waals surface area contributed by atoms with E-state index in [0.29, 0.717) is 44.3 Å². The third-order valence-corrected chi connectivity index (χ3v) is 14.3. The van der Waals surface area contributed by atoms with Crippen molar-refractivity contribution in [3.05, 3.63) is 0 Å². The van der Waals surface area contributed by atoms with Gasteiger partial charge < -0.3 is 36.3 Å². The van der Waals surface area contributed by atoms with Crippen molar-refractivity contribution in [2.24, 2.45) is 63.4 Å². The third kappa shape index (κ3) is 8.55. The molecule has 288 valence electrons. The number of amides is 1. The molecule has 4 aliphatic carbocycles. The van der Waals surface area contributed by atoms with Gasteiger partial charge in [-0.1, -0.05) is 54.4 Å². The van der Waals surface area contributed by atoms with Crippen LogP contribution >= 0.6 is 0 Å². The summed E-state index contributed by atoms with van der Waals surface area (Å²) in [5, 5.41) is 22.4. The summed E-state index contributed by atoms with van der Waals surface area (Å²) in [7, 11) is 0. The smallest absolute Gasteiger partial charge is 0.302 e. The fourth-order valence-corrected chi connectivity index (χ4v) is 12.0. The molecule has 0 aliphatic heterocycles. The molecule has 4 fully saturated rings. The van der Waals surface area contributed by atoms with Crippen LogP contribution < -0.4 is 21.7 Å². The first-order chi connectivity index (χ1) is 23.6. The number of carbonyl (C=O) groups is 3. The predicted molar refractivity (Wildman–Crippen MR) is 197 cm³/mol. The van der Waals surface area contributed by atoms with Crippen molar-refractivity contribution in [2.45, 2.75) is 138 Å². The Bertz CT molecular complexity index is 1150. The lowest BCUT2D eigenvalue weighted by atomic mass is 9.36. The van der Waals surface area contributed by atoms with Crippen LogP contribution in [0.25, 0.3) is 0 Å². The highest BCUT2D eigenvalue weighted by Gasteiger charge is 2.72. The maximum absolute atomic E-state index is 14.2. The van der Waals surface area contributed by atoms with Gasteiger partial charge in [-0.15, -0.1) is 0 Å². The van der Waals surface area contributed by atoms with Crippen LogP contribution in [0.2, 0.25) is 0 Å². The highest BCUT2D eigenvalue weighted by Crippen LogP contribution is 2.75. The lowest BCUT2D eigenvalue weighted by Crippen LogP contribution is -2.66. The number of nitrogens with one attached hydrogen (secondary N) is 3. The molecule has 4 saturated carbocycles. The molecule has 0 heterocycles. The summed E-state index contributed by atoms with van der Waals surface area (Å²) < 4.78 is 12.0. The van der Waals surface area contributed by atoms with E-state index in [1.807, 2.05) is 0 Å². The van der Waals surface area contributed by atoms with Crippen LogP contribution in [0, 0.1) is 57.7 Å². The van der Waals surface area contributed by atoms with Crippen molar-refractivity contribution >= 4 is 17.8 Å². The van der Waals surface area contributed by atoms with Crippen molar-refractivity contribution in [2.75, 3.05) is 39.3 Å². The molecule has 0 radical (unpaired) electrons. The number of hydrogen-bond acceptors (Lipinski definition) is 9. The van der Waals surface area contributed by atoms with Gasteiger partial charge in [0.2, 0.25) is 5.91 Å². The third-order valence-electron chi connectivity index (χ3n) is 14.3. The molecular weight excluding hydrogens is 632 g/mol. The van der Waals surface area contributed by atoms with Crippen LogP contribution in [0.5, 0.6) is 0 Å². The van der Waals surface area contributed by atoms with Gasteiger partial charge in [0.15, 0.2) is 0 Å². The summed E-state index contributed by atoms with van der Waals surface area (Å²) >= 11 is 0. The van der Waals surface area contributed by atoms with Crippen molar-refractivity contribution in [1.82, 2.24) is 16.0 Å². The summed E-state index contributed by atoms with van der Waals surface area (Å²) in [5.74, 6) is 0.281. The molecule has 0 saturated heterocycles. The molecule has 0 spiro atoms. The van der Waals surface area contributed by atoms with E-state index in [2.05, 4.69) is 57.5 Å². The predicted octanol–water partition coefficient (Wildman–Crippen LogP) is 4.81. The number of aliphatic hydroxyl groups excluding tert-OH is 1. The summed E-state index contributed by atoms with van der Waals surface area (Å²) in [5.41, 5.74) is 5.02. The van der Waals surface area contributed by atoms with Gasteiger partial charge in [-0.2, -0.15) is 0 Å². The van der Waals surface area contributed by atoms with Crippen LogP contribution in [0.1, 0.15) is 120 Å². The number of fused-ring (bicyclic) bond motifs is 5. The van der Waals surface area contributed by atoms with E-state index in [0.717, 1.165) is 71.0 Å². The number of hydrogen-bond donors (Lipinski definition) is 5. The topological polar surface area (TPSA) is 152 Å². The zero-order valence-corrected chi connectivity index (χ0v) is 32.7. The SMILES string of the molecule is CC(=O)O[C@H]1C[C@@]2(C)C(C[C@@H](O)C3[C@@]4(C)CC[C@@H](OC(C)=O)[C@@H](C)C4CC[C@@]32C)[C@@H]1[C@H](CCCC(C)C)C(=O)NCCNCCCNCCN. The standard InChI is InChI=1S/C40H72N4O6/c1-25(2)11-9-12-29(37(48)44-22-21-43-19-10-18-42-20-17-41)35-31-23-32(47)36-38(6)15-14-33(49-27(4)45)26(3)30(38)13-16-39(36,7)40(31,8)24-34(35)50-28(5)46/h25-26,29-36,42-43,47H,9-24,41H2,1-8H3,(H,44,48)/t26-,29-,30?,31?,32+,33+,34-,35-,36?,38-,39-,40-/m0/s1. The molecule has 50 heavy (non-hydrogen) atoms. The van der Waals surface area contributed by atoms with Crippen LogP contribution in [-0.2, 0) is 23.9 Å². The fourth-order valence-electron chi connectivity index (χ4n) is 12.0. The lowest BCUT2D eigenvalue weighted by Gasteiger charge is -2.69. The van der Waals surface area contributed by atoms with Gasteiger partial charge in [0, 0.05) is 51.9 Å². The minimum atomic E-state index is -0.523. The Morgan fingerprint density at radius 2 is 1.50 bits per heavy atom. The molecule has 4 aliphatic rings. The molecule has 1 amide bonds. The Morgan fingerprint density at radius 1 is 0.840 bits per heavy atom. The molecule has 6 N–H and O–H groups in total. The number of carbonyl (C=O) groups excluding carboxylic acids is 3. The largest absolute Gasteiger partial charge is 0.462 e. The Balaban J connectivity index is 1.58.